The number of aryl methyl sites for hydroxylation is 1. The first-order valence-electron chi connectivity index (χ1n) is 7.05. The molecule has 0 aliphatic heterocycles. The van der Waals surface area contributed by atoms with Gasteiger partial charge in [0.05, 0.1) is 6.42 Å². The molecule has 1 amide bonds. The second-order valence-corrected chi connectivity index (χ2v) is 5.37. The molecule has 124 valence electrons. The van der Waals surface area contributed by atoms with Crippen molar-refractivity contribution in [3.05, 3.63) is 28.7 Å². The lowest BCUT2D eigenvalue weighted by Gasteiger charge is -2.19. The molecule has 1 aliphatic rings. The lowest BCUT2D eigenvalue weighted by Crippen LogP contribution is -2.20. The van der Waals surface area contributed by atoms with E-state index in [0.717, 1.165) is 0 Å². The molecule has 0 aromatic carbocycles. The van der Waals surface area contributed by atoms with Gasteiger partial charge in [-0.2, -0.15) is 23.3 Å². The summed E-state index contributed by atoms with van der Waals surface area (Å²) in [6.45, 7) is 0. The van der Waals surface area contributed by atoms with Crippen LogP contribution in [0.2, 0.25) is 0 Å². The summed E-state index contributed by atoms with van der Waals surface area (Å²) in [5.74, 6) is -0.109. The molecule has 0 radical (unpaired) electrons. The fraction of sp³-hybridized carbons (Fsp3) is 0.538. The van der Waals surface area contributed by atoms with Crippen LogP contribution in [0.4, 0.5) is 13.2 Å². The number of amides is 1. The second kappa shape index (κ2) is 5.67. The van der Waals surface area contributed by atoms with Crippen molar-refractivity contribution in [3.8, 4) is 0 Å². The van der Waals surface area contributed by atoms with Crippen LogP contribution in [0.3, 0.4) is 0 Å². The van der Waals surface area contributed by atoms with Crippen LogP contribution in [0.5, 0.6) is 0 Å². The number of halogens is 3. The molecular weight excluding hydrogens is 315 g/mol. The molecular formula is C13H14F3N5O2. The van der Waals surface area contributed by atoms with E-state index in [1.807, 2.05) is 0 Å². The lowest BCUT2D eigenvalue weighted by molar-refractivity contribution is -0.141. The molecule has 0 unspecified atom stereocenters. The highest BCUT2D eigenvalue weighted by atomic mass is 19.4. The summed E-state index contributed by atoms with van der Waals surface area (Å²) in [7, 11) is 1.49. The molecule has 2 N–H and O–H groups in total. The van der Waals surface area contributed by atoms with Crippen LogP contribution in [0.1, 0.15) is 41.0 Å². The summed E-state index contributed by atoms with van der Waals surface area (Å²) in [4.78, 5) is 15.4. The minimum absolute atomic E-state index is 0.0303. The summed E-state index contributed by atoms with van der Waals surface area (Å²) in [5.41, 5.74) is -0.235. The Morgan fingerprint density at radius 3 is 2.96 bits per heavy atom. The van der Waals surface area contributed by atoms with Crippen molar-refractivity contribution in [2.75, 3.05) is 7.05 Å². The minimum atomic E-state index is -4.49. The number of fused-ring (bicyclic) bond motifs is 1. The number of H-pyrrole nitrogens is 1. The van der Waals surface area contributed by atoms with E-state index in [1.165, 1.54) is 7.05 Å². The molecule has 2 heterocycles. The number of carbonyl (C=O) groups excluding carboxylic acids is 1. The van der Waals surface area contributed by atoms with E-state index in [-0.39, 0.29) is 41.9 Å². The molecule has 0 saturated carbocycles. The van der Waals surface area contributed by atoms with E-state index in [1.54, 1.807) is 0 Å². The van der Waals surface area contributed by atoms with Crippen LogP contribution in [-0.2, 0) is 30.2 Å². The first kappa shape index (κ1) is 15.5. The van der Waals surface area contributed by atoms with E-state index in [2.05, 4.69) is 25.7 Å². The second-order valence-electron chi connectivity index (χ2n) is 5.37. The lowest BCUT2D eigenvalue weighted by atomic mass is 9.86. The summed E-state index contributed by atoms with van der Waals surface area (Å²) in [6.07, 6.45) is -3.39. The maximum Gasteiger partial charge on any atom is 0.435 e. The van der Waals surface area contributed by atoms with Crippen LogP contribution in [0.15, 0.2) is 4.52 Å². The third-order valence-corrected chi connectivity index (χ3v) is 3.85. The summed E-state index contributed by atoms with van der Waals surface area (Å²) >= 11 is 0. The van der Waals surface area contributed by atoms with Gasteiger partial charge in [-0.15, -0.1) is 0 Å². The first-order chi connectivity index (χ1) is 10.9. The van der Waals surface area contributed by atoms with Crippen molar-refractivity contribution in [2.24, 2.45) is 0 Å². The third-order valence-electron chi connectivity index (χ3n) is 3.85. The van der Waals surface area contributed by atoms with Crippen molar-refractivity contribution in [1.29, 1.82) is 0 Å². The average molecular weight is 329 g/mol. The van der Waals surface area contributed by atoms with Crippen LogP contribution in [-0.4, -0.2) is 33.3 Å². The van der Waals surface area contributed by atoms with Gasteiger partial charge < -0.3 is 9.84 Å². The topological polar surface area (TPSA) is 96.7 Å². The standard InChI is InChI=1S/C13H14F3N5O2/c1-17-10(22)5-9-18-12(23-21-9)6-2-3-8-7(4-6)11(20-19-8)13(14,15)16/h6H,2-5H2,1H3,(H,17,22)(H,19,20)/t6-/m0/s1. The van der Waals surface area contributed by atoms with Gasteiger partial charge in [-0.1, -0.05) is 5.16 Å². The van der Waals surface area contributed by atoms with Gasteiger partial charge in [0.2, 0.25) is 11.8 Å². The Morgan fingerprint density at radius 1 is 1.48 bits per heavy atom. The number of aromatic nitrogens is 4. The van der Waals surface area contributed by atoms with Gasteiger partial charge in [-0.3, -0.25) is 9.89 Å². The molecule has 0 spiro atoms. The SMILES string of the molecule is CNC(=O)Cc1noc([C@H]2CCc3[nH]nc(C(F)(F)F)c3C2)n1. The molecule has 2 aromatic heterocycles. The first-order valence-corrected chi connectivity index (χ1v) is 7.05. The van der Waals surface area contributed by atoms with E-state index in [0.29, 0.717) is 18.5 Å². The Kier molecular flexibility index (Phi) is 3.82. The predicted molar refractivity (Wildman–Crippen MR) is 70.4 cm³/mol. The number of aromatic amines is 1. The summed E-state index contributed by atoms with van der Waals surface area (Å²) in [5, 5.41) is 12.0. The number of likely N-dealkylation sites (N-methyl/N-ethyl adjacent to an activating group) is 1. The van der Waals surface area contributed by atoms with E-state index in [4.69, 9.17) is 4.52 Å². The number of carbonyl (C=O) groups is 1. The van der Waals surface area contributed by atoms with E-state index < -0.39 is 11.9 Å². The fourth-order valence-corrected chi connectivity index (χ4v) is 2.68. The quantitative estimate of drug-likeness (QED) is 0.886. The van der Waals surface area contributed by atoms with Crippen molar-refractivity contribution >= 4 is 5.91 Å². The molecule has 0 bridgehead atoms. The van der Waals surface area contributed by atoms with E-state index >= 15 is 0 Å². The molecule has 10 heteroatoms. The highest BCUT2D eigenvalue weighted by molar-refractivity contribution is 5.77. The van der Waals surface area contributed by atoms with Crippen molar-refractivity contribution in [2.45, 2.75) is 37.8 Å². The number of nitrogens with one attached hydrogen (secondary N) is 2. The van der Waals surface area contributed by atoms with Gasteiger partial charge in [0, 0.05) is 24.2 Å². The Hall–Kier alpha value is -2.39. The van der Waals surface area contributed by atoms with Gasteiger partial charge >= 0.3 is 6.18 Å². The Bertz CT molecular complexity index is 722. The average Bonchev–Trinajstić information content (AvgIpc) is 3.12. The molecule has 1 aliphatic carbocycles. The Morgan fingerprint density at radius 2 is 2.26 bits per heavy atom. The van der Waals surface area contributed by atoms with Crippen molar-refractivity contribution in [1.82, 2.24) is 25.7 Å². The number of nitrogens with zero attached hydrogens (tertiary/aromatic N) is 3. The van der Waals surface area contributed by atoms with Gasteiger partial charge in [-0.05, 0) is 19.3 Å². The monoisotopic (exact) mass is 329 g/mol. The van der Waals surface area contributed by atoms with Crippen LogP contribution < -0.4 is 5.32 Å². The molecule has 0 saturated heterocycles. The molecule has 3 rings (SSSR count). The van der Waals surface area contributed by atoms with E-state index in [9.17, 15) is 18.0 Å². The van der Waals surface area contributed by atoms with Crippen LogP contribution in [0, 0.1) is 0 Å². The predicted octanol–water partition coefficient (Wildman–Crippen LogP) is 1.37. The zero-order valence-electron chi connectivity index (χ0n) is 12.2. The van der Waals surface area contributed by atoms with Gasteiger partial charge in [0.1, 0.15) is 0 Å². The van der Waals surface area contributed by atoms with Gasteiger partial charge in [0.25, 0.3) is 0 Å². The molecule has 1 atom stereocenters. The van der Waals surface area contributed by atoms with Gasteiger partial charge in [0.15, 0.2) is 11.5 Å². The number of alkyl halides is 3. The third kappa shape index (κ3) is 3.06. The van der Waals surface area contributed by atoms with Crippen LogP contribution >= 0.6 is 0 Å². The Balaban J connectivity index is 1.79. The fourth-order valence-electron chi connectivity index (χ4n) is 2.68. The molecule has 0 fully saturated rings. The largest absolute Gasteiger partial charge is 0.435 e. The number of hydrogen-bond donors (Lipinski definition) is 2. The molecule has 23 heavy (non-hydrogen) atoms. The number of rotatable bonds is 3. The zero-order chi connectivity index (χ0) is 16.6. The molecule has 7 nitrogen and oxygen atoms in total. The molecule has 2 aromatic rings. The van der Waals surface area contributed by atoms with Crippen molar-refractivity contribution < 1.29 is 22.5 Å². The van der Waals surface area contributed by atoms with Crippen molar-refractivity contribution in [3.63, 3.8) is 0 Å². The zero-order valence-corrected chi connectivity index (χ0v) is 12.2. The van der Waals surface area contributed by atoms with Crippen LogP contribution in [0.25, 0.3) is 0 Å². The maximum absolute atomic E-state index is 12.9. The number of hydrogen-bond acceptors (Lipinski definition) is 5. The maximum atomic E-state index is 12.9. The normalized spacial score (nSPS) is 17.8. The Labute approximate surface area is 128 Å². The highest BCUT2D eigenvalue weighted by Crippen LogP contribution is 2.38. The summed E-state index contributed by atoms with van der Waals surface area (Å²) < 4.78 is 44.0. The minimum Gasteiger partial charge on any atom is -0.359 e. The van der Waals surface area contributed by atoms with Gasteiger partial charge in [-0.25, -0.2) is 0 Å². The smallest absolute Gasteiger partial charge is 0.359 e. The summed E-state index contributed by atoms with van der Waals surface area (Å²) in [6, 6.07) is 0. The highest BCUT2D eigenvalue weighted by Gasteiger charge is 2.40.